The fourth-order valence-electron chi connectivity index (χ4n) is 2.63. The van der Waals surface area contributed by atoms with Crippen molar-refractivity contribution in [2.24, 2.45) is 11.7 Å². The fraction of sp³-hybridized carbons (Fsp3) is 0.571. The summed E-state index contributed by atoms with van der Waals surface area (Å²) in [6.45, 7) is -2.09. The average molecular weight is 270 g/mol. The minimum Gasteiger partial charge on any atom is -0.435 e. The number of benzene rings is 1. The molecule has 0 saturated heterocycles. The van der Waals surface area contributed by atoms with Gasteiger partial charge in [-0.3, -0.25) is 0 Å². The van der Waals surface area contributed by atoms with Gasteiger partial charge in [0.1, 0.15) is 5.75 Å². The molecule has 0 radical (unpaired) electrons. The molecule has 5 heteroatoms. The summed E-state index contributed by atoms with van der Waals surface area (Å²) < 4.78 is 28.4. The van der Waals surface area contributed by atoms with Gasteiger partial charge in [-0.1, -0.05) is 12.8 Å². The van der Waals surface area contributed by atoms with Crippen molar-refractivity contribution in [1.29, 1.82) is 0 Å². The third kappa shape index (κ3) is 4.06. The molecule has 106 valence electrons. The van der Waals surface area contributed by atoms with E-state index in [9.17, 15) is 8.78 Å². The van der Waals surface area contributed by atoms with Gasteiger partial charge >= 0.3 is 6.61 Å². The maximum absolute atomic E-state index is 12.0. The van der Waals surface area contributed by atoms with Crippen molar-refractivity contribution in [1.82, 2.24) is 0 Å². The number of rotatable bonds is 5. The smallest absolute Gasteiger partial charge is 0.387 e. The normalized spacial score (nSPS) is 23.4. The van der Waals surface area contributed by atoms with E-state index < -0.39 is 6.61 Å². The van der Waals surface area contributed by atoms with Gasteiger partial charge in [-0.25, -0.2) is 0 Å². The number of alkyl halides is 2. The molecule has 1 aromatic rings. The molecule has 0 aliphatic heterocycles. The van der Waals surface area contributed by atoms with Crippen LogP contribution in [-0.2, 0) is 0 Å². The van der Waals surface area contributed by atoms with Crippen LogP contribution in [0.25, 0.3) is 0 Å². The highest BCUT2D eigenvalue weighted by Crippen LogP contribution is 2.27. The minimum absolute atomic E-state index is 0.180. The fourth-order valence-corrected chi connectivity index (χ4v) is 2.63. The molecule has 0 bridgehead atoms. The van der Waals surface area contributed by atoms with Gasteiger partial charge in [-0.2, -0.15) is 8.78 Å². The van der Waals surface area contributed by atoms with Crippen LogP contribution in [0.4, 0.5) is 14.5 Å². The molecule has 0 aromatic heterocycles. The number of anilines is 1. The number of hydrogen-bond donors (Lipinski definition) is 2. The van der Waals surface area contributed by atoms with Crippen molar-refractivity contribution in [2.45, 2.75) is 38.3 Å². The van der Waals surface area contributed by atoms with E-state index in [-0.39, 0.29) is 5.75 Å². The maximum Gasteiger partial charge on any atom is 0.387 e. The monoisotopic (exact) mass is 270 g/mol. The van der Waals surface area contributed by atoms with Gasteiger partial charge in [0.05, 0.1) is 0 Å². The van der Waals surface area contributed by atoms with Crippen LogP contribution in [0.5, 0.6) is 5.75 Å². The summed E-state index contributed by atoms with van der Waals surface area (Å²) in [5.41, 5.74) is 6.71. The first-order chi connectivity index (χ1) is 9.19. The van der Waals surface area contributed by atoms with E-state index in [0.29, 0.717) is 18.5 Å². The molecule has 1 fully saturated rings. The van der Waals surface area contributed by atoms with Crippen LogP contribution >= 0.6 is 0 Å². The highest BCUT2D eigenvalue weighted by Gasteiger charge is 2.23. The lowest BCUT2D eigenvalue weighted by molar-refractivity contribution is -0.0498. The first-order valence-corrected chi connectivity index (χ1v) is 6.70. The van der Waals surface area contributed by atoms with Crippen LogP contribution in [0.1, 0.15) is 25.7 Å². The molecule has 3 nitrogen and oxygen atoms in total. The number of halogens is 2. The number of ether oxygens (including phenoxy) is 1. The Labute approximate surface area is 112 Å². The van der Waals surface area contributed by atoms with E-state index >= 15 is 0 Å². The summed E-state index contributed by atoms with van der Waals surface area (Å²) in [4.78, 5) is 0. The Kier molecular flexibility index (Phi) is 4.96. The second-order valence-electron chi connectivity index (χ2n) is 4.93. The average Bonchev–Trinajstić information content (AvgIpc) is 2.41. The Hall–Kier alpha value is -1.36. The molecule has 1 saturated carbocycles. The van der Waals surface area contributed by atoms with Gasteiger partial charge in [0.15, 0.2) is 0 Å². The number of nitrogens with one attached hydrogen (secondary N) is 1. The van der Waals surface area contributed by atoms with Crippen molar-refractivity contribution in [2.75, 3.05) is 11.9 Å². The molecule has 1 aliphatic carbocycles. The van der Waals surface area contributed by atoms with Gasteiger partial charge in [-0.15, -0.1) is 0 Å². The standard InChI is InChI=1S/C14H20F2N2O/c15-14(16)19-12-7-5-11(6-8-12)18-13-4-2-1-3-10(13)9-17/h5-8,10,13-14,18H,1-4,9,17H2. The van der Waals surface area contributed by atoms with Crippen molar-refractivity contribution in [3.05, 3.63) is 24.3 Å². The summed E-state index contributed by atoms with van der Waals surface area (Å²) in [5, 5.41) is 3.44. The molecular formula is C14H20F2N2O. The van der Waals surface area contributed by atoms with Crippen molar-refractivity contribution < 1.29 is 13.5 Å². The zero-order valence-electron chi connectivity index (χ0n) is 10.8. The quantitative estimate of drug-likeness (QED) is 0.863. The predicted octanol–water partition coefficient (Wildman–Crippen LogP) is 3.22. The summed E-state index contributed by atoms with van der Waals surface area (Å²) >= 11 is 0. The second-order valence-corrected chi connectivity index (χ2v) is 4.93. The van der Waals surface area contributed by atoms with Crippen LogP contribution in [-0.4, -0.2) is 19.2 Å². The predicted molar refractivity (Wildman–Crippen MR) is 71.5 cm³/mol. The topological polar surface area (TPSA) is 47.3 Å². The molecule has 1 aliphatic rings. The van der Waals surface area contributed by atoms with E-state index in [2.05, 4.69) is 10.1 Å². The first kappa shape index (κ1) is 14.1. The summed E-state index contributed by atoms with van der Waals surface area (Å²) in [7, 11) is 0. The lowest BCUT2D eigenvalue weighted by atomic mass is 9.84. The van der Waals surface area contributed by atoms with E-state index in [1.165, 1.54) is 12.8 Å². The lowest BCUT2D eigenvalue weighted by Gasteiger charge is -2.32. The first-order valence-electron chi connectivity index (χ1n) is 6.70. The van der Waals surface area contributed by atoms with Crippen molar-refractivity contribution >= 4 is 5.69 Å². The minimum atomic E-state index is -2.78. The van der Waals surface area contributed by atoms with Crippen molar-refractivity contribution in [3.63, 3.8) is 0 Å². The van der Waals surface area contributed by atoms with Crippen LogP contribution in [0.3, 0.4) is 0 Å². The molecule has 2 unspecified atom stereocenters. The van der Waals surface area contributed by atoms with Crippen LogP contribution in [0.2, 0.25) is 0 Å². The third-order valence-corrected chi connectivity index (χ3v) is 3.64. The third-order valence-electron chi connectivity index (χ3n) is 3.64. The van der Waals surface area contributed by atoms with Gasteiger partial charge in [0.25, 0.3) is 0 Å². The Morgan fingerprint density at radius 2 is 1.89 bits per heavy atom. The van der Waals surface area contributed by atoms with E-state index in [4.69, 9.17) is 5.73 Å². The Bertz CT molecular complexity index is 384. The Balaban J connectivity index is 1.94. The largest absolute Gasteiger partial charge is 0.435 e. The number of nitrogens with two attached hydrogens (primary N) is 1. The van der Waals surface area contributed by atoms with E-state index in [1.54, 1.807) is 24.3 Å². The molecule has 19 heavy (non-hydrogen) atoms. The lowest BCUT2D eigenvalue weighted by Crippen LogP contribution is -2.36. The summed E-state index contributed by atoms with van der Waals surface area (Å²) in [5.74, 6) is 0.672. The molecule has 2 rings (SSSR count). The van der Waals surface area contributed by atoms with Gasteiger partial charge in [0, 0.05) is 11.7 Å². The molecule has 0 amide bonds. The molecule has 3 N–H and O–H groups in total. The Morgan fingerprint density at radius 1 is 1.21 bits per heavy atom. The van der Waals surface area contributed by atoms with Crippen LogP contribution < -0.4 is 15.8 Å². The second kappa shape index (κ2) is 6.70. The van der Waals surface area contributed by atoms with Crippen LogP contribution in [0.15, 0.2) is 24.3 Å². The highest BCUT2D eigenvalue weighted by molar-refractivity contribution is 5.47. The number of hydrogen-bond acceptors (Lipinski definition) is 3. The molecular weight excluding hydrogens is 250 g/mol. The Morgan fingerprint density at radius 3 is 2.53 bits per heavy atom. The summed E-state index contributed by atoms with van der Waals surface area (Å²) in [6, 6.07) is 7.00. The zero-order valence-corrected chi connectivity index (χ0v) is 10.8. The van der Waals surface area contributed by atoms with E-state index in [0.717, 1.165) is 18.5 Å². The van der Waals surface area contributed by atoms with Gasteiger partial charge < -0.3 is 15.8 Å². The molecule has 2 atom stereocenters. The zero-order chi connectivity index (χ0) is 13.7. The van der Waals surface area contributed by atoms with Gasteiger partial charge in [0.2, 0.25) is 0 Å². The molecule has 0 spiro atoms. The maximum atomic E-state index is 12.0. The van der Waals surface area contributed by atoms with Crippen LogP contribution in [0, 0.1) is 5.92 Å². The van der Waals surface area contributed by atoms with E-state index in [1.807, 2.05) is 0 Å². The SMILES string of the molecule is NCC1CCCCC1Nc1ccc(OC(F)F)cc1. The molecule has 1 aromatic carbocycles. The molecule has 0 heterocycles. The van der Waals surface area contributed by atoms with Gasteiger partial charge in [-0.05, 0) is 49.6 Å². The highest BCUT2D eigenvalue weighted by atomic mass is 19.3. The summed E-state index contributed by atoms with van der Waals surface area (Å²) in [6.07, 6.45) is 4.71. The van der Waals surface area contributed by atoms with Crippen molar-refractivity contribution in [3.8, 4) is 5.75 Å².